The lowest BCUT2D eigenvalue weighted by Gasteiger charge is -2.22. The molecule has 0 amide bonds. The second-order valence-electron chi connectivity index (χ2n) is 7.70. The summed E-state index contributed by atoms with van der Waals surface area (Å²) in [6.07, 6.45) is -1.43. The largest absolute Gasteiger partial charge is 0.494 e. The van der Waals surface area contributed by atoms with E-state index in [0.29, 0.717) is 0 Å². The molecule has 0 saturated heterocycles. The average molecular weight is 446 g/mol. The highest BCUT2D eigenvalue weighted by Gasteiger charge is 2.51. The number of carbonyl (C=O) groups excluding carboxylic acids is 3. The minimum atomic E-state index is -1.43. The van der Waals surface area contributed by atoms with E-state index in [1.54, 1.807) is 42.5 Å². The number of rotatable bonds is 4. The summed E-state index contributed by atoms with van der Waals surface area (Å²) in [5, 5.41) is 0. The van der Waals surface area contributed by atoms with E-state index in [2.05, 4.69) is 0 Å². The SMILES string of the molecule is COc1cc(F)c([C@@H]2C3=C(O[C@H]2C(=O)c2ccccc2)C(=O)c2ccccc2C3=O)cc1F. The van der Waals surface area contributed by atoms with Crippen molar-refractivity contribution in [3.05, 3.63) is 112 Å². The Morgan fingerprint density at radius 3 is 2.18 bits per heavy atom. The molecule has 0 bridgehead atoms. The molecule has 0 unspecified atom stereocenters. The predicted molar refractivity (Wildman–Crippen MR) is 113 cm³/mol. The van der Waals surface area contributed by atoms with Gasteiger partial charge in [-0.15, -0.1) is 0 Å². The molecule has 3 aromatic carbocycles. The Kier molecular flexibility index (Phi) is 4.89. The fourth-order valence-corrected chi connectivity index (χ4v) is 4.35. The van der Waals surface area contributed by atoms with Crippen molar-refractivity contribution in [2.45, 2.75) is 12.0 Å². The second-order valence-corrected chi connectivity index (χ2v) is 7.70. The molecule has 1 heterocycles. The number of methoxy groups -OCH3 is 1. The van der Waals surface area contributed by atoms with Crippen molar-refractivity contribution in [1.29, 1.82) is 0 Å². The summed E-state index contributed by atoms with van der Waals surface area (Å²) >= 11 is 0. The predicted octanol–water partition coefficient (Wildman–Crippen LogP) is 4.67. The molecule has 2 aliphatic rings. The van der Waals surface area contributed by atoms with Crippen molar-refractivity contribution >= 4 is 17.3 Å². The number of allylic oxidation sites excluding steroid dienone is 1. The van der Waals surface area contributed by atoms with Gasteiger partial charge in [0.25, 0.3) is 0 Å². The maximum absolute atomic E-state index is 15.2. The molecule has 5 nitrogen and oxygen atoms in total. The first-order valence-corrected chi connectivity index (χ1v) is 10.1. The molecule has 2 atom stereocenters. The van der Waals surface area contributed by atoms with Gasteiger partial charge in [-0.2, -0.15) is 0 Å². The number of Topliss-reactive ketones (excluding diaryl/α,β-unsaturated/α-hetero) is 3. The van der Waals surface area contributed by atoms with Crippen LogP contribution in [0.1, 0.15) is 42.6 Å². The van der Waals surface area contributed by atoms with E-state index < -0.39 is 41.0 Å². The zero-order valence-corrected chi connectivity index (χ0v) is 17.3. The minimum absolute atomic E-state index is 0.122. The van der Waals surface area contributed by atoms with Gasteiger partial charge in [-0.25, -0.2) is 8.78 Å². The van der Waals surface area contributed by atoms with Gasteiger partial charge in [0.2, 0.25) is 11.6 Å². The third-order valence-corrected chi connectivity index (χ3v) is 5.89. The molecule has 3 aromatic rings. The minimum Gasteiger partial charge on any atom is -0.494 e. The van der Waals surface area contributed by atoms with Gasteiger partial charge >= 0.3 is 0 Å². The third kappa shape index (κ3) is 3.16. The number of halogens is 2. The Labute approximate surface area is 187 Å². The lowest BCUT2D eigenvalue weighted by molar-refractivity contribution is 0.0638. The number of hydrogen-bond donors (Lipinski definition) is 0. The van der Waals surface area contributed by atoms with Crippen molar-refractivity contribution in [3.8, 4) is 5.75 Å². The topological polar surface area (TPSA) is 69.7 Å². The summed E-state index contributed by atoms with van der Waals surface area (Å²) in [7, 11) is 1.19. The molecule has 1 aliphatic carbocycles. The van der Waals surface area contributed by atoms with Gasteiger partial charge in [-0.05, 0) is 6.07 Å². The maximum Gasteiger partial charge on any atom is 0.228 e. The van der Waals surface area contributed by atoms with E-state index in [-0.39, 0.29) is 39.3 Å². The maximum atomic E-state index is 15.2. The van der Waals surface area contributed by atoms with Crippen LogP contribution >= 0.6 is 0 Å². The summed E-state index contributed by atoms with van der Waals surface area (Å²) in [4.78, 5) is 39.9. The summed E-state index contributed by atoms with van der Waals surface area (Å²) in [6, 6.07) is 16.0. The van der Waals surface area contributed by atoms with Crippen molar-refractivity contribution < 1.29 is 32.6 Å². The van der Waals surface area contributed by atoms with Gasteiger partial charge in [0.05, 0.1) is 18.6 Å². The summed E-state index contributed by atoms with van der Waals surface area (Å²) < 4.78 is 40.4. The summed E-state index contributed by atoms with van der Waals surface area (Å²) in [5.74, 6) is -5.43. The van der Waals surface area contributed by atoms with E-state index in [1.807, 2.05) is 0 Å². The first kappa shape index (κ1) is 20.8. The zero-order valence-electron chi connectivity index (χ0n) is 17.3. The highest BCUT2D eigenvalue weighted by atomic mass is 19.1. The number of ketones is 3. The van der Waals surface area contributed by atoms with E-state index >= 15 is 4.39 Å². The quantitative estimate of drug-likeness (QED) is 0.545. The van der Waals surface area contributed by atoms with Gasteiger partial charge in [-0.3, -0.25) is 14.4 Å². The van der Waals surface area contributed by atoms with Crippen LogP contribution in [0, 0.1) is 11.6 Å². The molecular weight excluding hydrogens is 430 g/mol. The van der Waals surface area contributed by atoms with Crippen LogP contribution in [0.15, 0.2) is 78.1 Å². The lowest BCUT2D eigenvalue weighted by atomic mass is 9.77. The van der Waals surface area contributed by atoms with E-state index in [4.69, 9.17) is 9.47 Å². The molecule has 0 fully saturated rings. The van der Waals surface area contributed by atoms with Crippen LogP contribution in [-0.4, -0.2) is 30.6 Å². The van der Waals surface area contributed by atoms with Crippen LogP contribution in [0.4, 0.5) is 8.78 Å². The number of benzene rings is 3. The van der Waals surface area contributed by atoms with Crippen molar-refractivity contribution in [3.63, 3.8) is 0 Å². The highest BCUT2D eigenvalue weighted by molar-refractivity contribution is 6.27. The van der Waals surface area contributed by atoms with E-state index in [9.17, 15) is 18.8 Å². The number of hydrogen-bond acceptors (Lipinski definition) is 5. The number of fused-ring (bicyclic) bond motifs is 1. The van der Waals surface area contributed by atoms with Crippen LogP contribution < -0.4 is 4.74 Å². The summed E-state index contributed by atoms with van der Waals surface area (Å²) in [6.45, 7) is 0. The van der Waals surface area contributed by atoms with Gasteiger partial charge in [-0.1, -0.05) is 54.6 Å². The first-order valence-electron chi connectivity index (χ1n) is 10.1. The Morgan fingerprint density at radius 1 is 0.879 bits per heavy atom. The molecule has 0 aromatic heterocycles. The van der Waals surface area contributed by atoms with Crippen LogP contribution in [0.25, 0.3) is 0 Å². The Bertz CT molecular complexity index is 1360. The van der Waals surface area contributed by atoms with Crippen molar-refractivity contribution in [1.82, 2.24) is 0 Å². The molecule has 5 rings (SSSR count). The van der Waals surface area contributed by atoms with Gasteiger partial charge in [0.1, 0.15) is 5.82 Å². The molecular formula is C26H16F2O5. The summed E-state index contributed by atoms with van der Waals surface area (Å²) in [5.41, 5.74) is 0.0787. The van der Waals surface area contributed by atoms with Gasteiger partial charge in [0, 0.05) is 28.3 Å². The van der Waals surface area contributed by atoms with Gasteiger partial charge in [0.15, 0.2) is 29.2 Å². The average Bonchev–Trinajstić information content (AvgIpc) is 3.24. The highest BCUT2D eigenvalue weighted by Crippen LogP contribution is 2.47. The van der Waals surface area contributed by atoms with E-state index in [0.717, 1.165) is 12.1 Å². The Balaban J connectivity index is 1.71. The Morgan fingerprint density at radius 2 is 1.52 bits per heavy atom. The molecule has 7 heteroatoms. The van der Waals surface area contributed by atoms with Crippen LogP contribution in [0.3, 0.4) is 0 Å². The molecule has 0 saturated carbocycles. The van der Waals surface area contributed by atoms with Crippen molar-refractivity contribution in [2.75, 3.05) is 7.11 Å². The van der Waals surface area contributed by atoms with Gasteiger partial charge < -0.3 is 9.47 Å². The number of carbonyl (C=O) groups is 3. The molecule has 0 spiro atoms. The standard InChI is InChI=1S/C26H16F2O5/c1-32-19-12-17(27)16(11-18(19)28)20-21-23(30)14-9-5-6-10-15(14)24(31)26(21)33-25(20)22(29)13-7-3-2-4-8-13/h2-12,20,25H,1H3/t20-,25-/m1/s1. The monoisotopic (exact) mass is 446 g/mol. The smallest absolute Gasteiger partial charge is 0.228 e. The molecule has 0 N–H and O–H groups in total. The fraction of sp³-hybridized carbons (Fsp3) is 0.115. The van der Waals surface area contributed by atoms with Crippen LogP contribution in [0.2, 0.25) is 0 Å². The van der Waals surface area contributed by atoms with Crippen LogP contribution in [-0.2, 0) is 4.74 Å². The zero-order chi connectivity index (χ0) is 23.3. The molecule has 33 heavy (non-hydrogen) atoms. The normalized spacial score (nSPS) is 19.1. The second kappa shape index (κ2) is 7.78. The molecule has 164 valence electrons. The Hall–Kier alpha value is -4.13. The fourth-order valence-electron chi connectivity index (χ4n) is 4.35. The van der Waals surface area contributed by atoms with Crippen LogP contribution in [0.5, 0.6) is 5.75 Å². The number of ether oxygens (including phenoxy) is 2. The third-order valence-electron chi connectivity index (χ3n) is 5.89. The molecule has 1 aliphatic heterocycles. The van der Waals surface area contributed by atoms with E-state index in [1.165, 1.54) is 19.2 Å². The lowest BCUT2D eigenvalue weighted by Crippen LogP contribution is -2.29. The molecule has 0 radical (unpaired) electrons. The first-order chi connectivity index (χ1) is 15.9. The van der Waals surface area contributed by atoms with Crippen molar-refractivity contribution in [2.24, 2.45) is 0 Å².